The number of hydrogen-bond donors (Lipinski definition) is 2. The van der Waals surface area contributed by atoms with E-state index in [-0.39, 0.29) is 6.61 Å². The first-order valence-electron chi connectivity index (χ1n) is 5.71. The van der Waals surface area contributed by atoms with Gasteiger partial charge in [0.25, 0.3) is 0 Å². The summed E-state index contributed by atoms with van der Waals surface area (Å²) in [6.45, 7) is 5.44. The van der Waals surface area contributed by atoms with Gasteiger partial charge in [-0.15, -0.1) is 0 Å². The fraction of sp³-hybridized carbons (Fsp3) is 0.462. The van der Waals surface area contributed by atoms with Crippen LogP contribution < -0.4 is 5.32 Å². The third-order valence-electron chi connectivity index (χ3n) is 2.07. The number of hydrogen-bond acceptors (Lipinski definition) is 3. The molecule has 0 unspecified atom stereocenters. The number of carbonyl (C=O) groups is 1. The minimum Gasteiger partial charge on any atom is -0.444 e. The summed E-state index contributed by atoms with van der Waals surface area (Å²) in [5.74, 6) is 0. The van der Waals surface area contributed by atoms with E-state index in [1.165, 1.54) is 0 Å². The molecule has 1 amide bonds. The number of anilines is 1. The van der Waals surface area contributed by atoms with Gasteiger partial charge in [-0.3, -0.25) is 5.32 Å². The Morgan fingerprint density at radius 3 is 2.61 bits per heavy atom. The van der Waals surface area contributed by atoms with E-state index in [0.717, 1.165) is 5.56 Å². The SMILES string of the molecule is CC(C)(C)OC(=O)Nc1ccc(CCO)cc1Cl. The molecule has 0 radical (unpaired) electrons. The molecule has 0 saturated carbocycles. The molecule has 5 heteroatoms. The lowest BCUT2D eigenvalue weighted by molar-refractivity contribution is 0.0636. The van der Waals surface area contributed by atoms with Crippen molar-refractivity contribution in [2.24, 2.45) is 0 Å². The molecule has 0 fully saturated rings. The zero-order chi connectivity index (χ0) is 13.8. The van der Waals surface area contributed by atoms with Gasteiger partial charge in [0.05, 0.1) is 10.7 Å². The summed E-state index contributed by atoms with van der Waals surface area (Å²) in [6.07, 6.45) is -0.00814. The summed E-state index contributed by atoms with van der Waals surface area (Å²) >= 11 is 6.03. The van der Waals surface area contributed by atoms with Gasteiger partial charge in [0.15, 0.2) is 0 Å². The van der Waals surface area contributed by atoms with Crippen LogP contribution in [0.1, 0.15) is 26.3 Å². The molecule has 0 aliphatic heterocycles. The summed E-state index contributed by atoms with van der Waals surface area (Å²) in [5.41, 5.74) is 0.859. The van der Waals surface area contributed by atoms with E-state index in [4.69, 9.17) is 21.4 Å². The van der Waals surface area contributed by atoms with E-state index in [0.29, 0.717) is 17.1 Å². The Hall–Kier alpha value is -1.26. The van der Waals surface area contributed by atoms with Crippen LogP contribution in [0.4, 0.5) is 10.5 Å². The van der Waals surface area contributed by atoms with Crippen molar-refractivity contribution >= 4 is 23.4 Å². The van der Waals surface area contributed by atoms with Gasteiger partial charge in [0, 0.05) is 6.61 Å². The summed E-state index contributed by atoms with van der Waals surface area (Å²) in [4.78, 5) is 11.6. The molecule has 18 heavy (non-hydrogen) atoms. The first-order valence-corrected chi connectivity index (χ1v) is 6.09. The average Bonchev–Trinajstić information content (AvgIpc) is 2.20. The molecule has 1 rings (SSSR count). The summed E-state index contributed by atoms with van der Waals surface area (Å²) in [7, 11) is 0. The largest absolute Gasteiger partial charge is 0.444 e. The Morgan fingerprint density at radius 1 is 1.44 bits per heavy atom. The number of ether oxygens (including phenoxy) is 1. The number of rotatable bonds is 3. The maximum atomic E-state index is 11.6. The highest BCUT2D eigenvalue weighted by Crippen LogP contribution is 2.24. The van der Waals surface area contributed by atoms with Crippen LogP contribution in [0.5, 0.6) is 0 Å². The Labute approximate surface area is 112 Å². The van der Waals surface area contributed by atoms with Crippen molar-refractivity contribution in [1.82, 2.24) is 0 Å². The molecule has 0 atom stereocenters. The van der Waals surface area contributed by atoms with Crippen LogP contribution in [0.25, 0.3) is 0 Å². The summed E-state index contributed by atoms with van der Waals surface area (Å²) in [6, 6.07) is 5.20. The number of nitrogens with one attached hydrogen (secondary N) is 1. The van der Waals surface area contributed by atoms with Crippen molar-refractivity contribution in [3.63, 3.8) is 0 Å². The molecule has 0 aromatic heterocycles. The predicted molar refractivity (Wildman–Crippen MR) is 72.1 cm³/mol. The van der Waals surface area contributed by atoms with Gasteiger partial charge in [0.1, 0.15) is 5.60 Å². The van der Waals surface area contributed by atoms with Gasteiger partial charge in [-0.2, -0.15) is 0 Å². The standard InChI is InChI=1S/C13H18ClNO3/c1-13(2,3)18-12(17)15-11-5-4-9(6-7-16)8-10(11)14/h4-5,8,16H,6-7H2,1-3H3,(H,15,17). The van der Waals surface area contributed by atoms with Crippen molar-refractivity contribution in [1.29, 1.82) is 0 Å². The van der Waals surface area contributed by atoms with Crippen molar-refractivity contribution in [2.45, 2.75) is 32.8 Å². The lowest BCUT2D eigenvalue weighted by Crippen LogP contribution is -2.27. The Kier molecular flexibility index (Phi) is 4.99. The normalized spacial score (nSPS) is 11.2. The topological polar surface area (TPSA) is 58.6 Å². The molecule has 0 saturated heterocycles. The van der Waals surface area contributed by atoms with Crippen LogP contribution in [-0.4, -0.2) is 23.4 Å². The number of aliphatic hydroxyl groups is 1. The number of amides is 1. The van der Waals surface area contributed by atoms with Crippen LogP contribution in [0.2, 0.25) is 5.02 Å². The molecule has 1 aromatic carbocycles. The third-order valence-corrected chi connectivity index (χ3v) is 2.38. The molecule has 0 aliphatic carbocycles. The fourth-order valence-electron chi connectivity index (χ4n) is 1.36. The molecular weight excluding hydrogens is 254 g/mol. The molecule has 4 nitrogen and oxygen atoms in total. The van der Waals surface area contributed by atoms with E-state index in [9.17, 15) is 4.79 Å². The predicted octanol–water partition coefficient (Wildman–Crippen LogP) is 3.22. The van der Waals surface area contributed by atoms with Gasteiger partial charge in [-0.1, -0.05) is 17.7 Å². The molecule has 0 bridgehead atoms. The van der Waals surface area contributed by atoms with Gasteiger partial charge >= 0.3 is 6.09 Å². The number of carbonyl (C=O) groups excluding carboxylic acids is 1. The highest BCUT2D eigenvalue weighted by molar-refractivity contribution is 6.33. The minimum atomic E-state index is -0.548. The first-order chi connectivity index (χ1) is 8.31. The van der Waals surface area contributed by atoms with E-state index < -0.39 is 11.7 Å². The molecule has 0 aliphatic rings. The van der Waals surface area contributed by atoms with E-state index in [2.05, 4.69) is 5.32 Å². The number of aliphatic hydroxyl groups excluding tert-OH is 1. The second-order valence-corrected chi connectivity index (χ2v) is 5.32. The second kappa shape index (κ2) is 6.07. The van der Waals surface area contributed by atoms with Crippen molar-refractivity contribution in [3.05, 3.63) is 28.8 Å². The van der Waals surface area contributed by atoms with Crippen LogP contribution in [0, 0.1) is 0 Å². The molecule has 1 aromatic rings. The summed E-state index contributed by atoms with van der Waals surface area (Å²) in [5, 5.41) is 11.8. The van der Waals surface area contributed by atoms with Crippen molar-refractivity contribution < 1.29 is 14.6 Å². The number of halogens is 1. The zero-order valence-electron chi connectivity index (χ0n) is 10.8. The van der Waals surface area contributed by atoms with Crippen LogP contribution in [-0.2, 0) is 11.2 Å². The third kappa shape index (κ3) is 4.94. The Balaban J connectivity index is 2.71. The zero-order valence-corrected chi connectivity index (χ0v) is 11.5. The quantitative estimate of drug-likeness (QED) is 0.887. The Morgan fingerprint density at radius 2 is 2.11 bits per heavy atom. The van der Waals surface area contributed by atoms with Crippen molar-refractivity contribution in [3.8, 4) is 0 Å². The van der Waals surface area contributed by atoms with Crippen LogP contribution >= 0.6 is 11.6 Å². The second-order valence-electron chi connectivity index (χ2n) is 4.91. The summed E-state index contributed by atoms with van der Waals surface area (Å²) < 4.78 is 5.13. The maximum absolute atomic E-state index is 11.6. The molecular formula is C13H18ClNO3. The average molecular weight is 272 g/mol. The van der Waals surface area contributed by atoms with Crippen LogP contribution in [0.3, 0.4) is 0 Å². The smallest absolute Gasteiger partial charge is 0.412 e. The molecule has 2 N–H and O–H groups in total. The maximum Gasteiger partial charge on any atom is 0.412 e. The minimum absolute atomic E-state index is 0.0647. The van der Waals surface area contributed by atoms with Crippen LogP contribution in [0.15, 0.2) is 18.2 Å². The van der Waals surface area contributed by atoms with Gasteiger partial charge in [0.2, 0.25) is 0 Å². The Bertz CT molecular complexity index is 427. The lowest BCUT2D eigenvalue weighted by Gasteiger charge is -2.20. The number of benzene rings is 1. The highest BCUT2D eigenvalue weighted by atomic mass is 35.5. The monoisotopic (exact) mass is 271 g/mol. The first kappa shape index (κ1) is 14.8. The molecule has 0 heterocycles. The van der Waals surface area contributed by atoms with E-state index >= 15 is 0 Å². The van der Waals surface area contributed by atoms with Crippen molar-refractivity contribution in [2.75, 3.05) is 11.9 Å². The highest BCUT2D eigenvalue weighted by Gasteiger charge is 2.16. The molecule has 100 valence electrons. The fourth-order valence-corrected chi connectivity index (χ4v) is 1.61. The van der Waals surface area contributed by atoms with E-state index in [1.54, 1.807) is 39.0 Å². The van der Waals surface area contributed by atoms with Gasteiger partial charge < -0.3 is 9.84 Å². The lowest BCUT2D eigenvalue weighted by atomic mass is 10.1. The van der Waals surface area contributed by atoms with Gasteiger partial charge in [-0.25, -0.2) is 4.79 Å². The van der Waals surface area contributed by atoms with Gasteiger partial charge in [-0.05, 0) is 44.9 Å². The molecule has 0 spiro atoms. The van der Waals surface area contributed by atoms with E-state index in [1.807, 2.05) is 0 Å².